The lowest BCUT2D eigenvalue weighted by atomic mass is 10.1. The van der Waals surface area contributed by atoms with Gasteiger partial charge < -0.3 is 36.4 Å². The van der Waals surface area contributed by atoms with Crippen LogP contribution in [0.2, 0.25) is 0 Å². The largest absolute Gasteiger partial charge is 0.351 e. The van der Waals surface area contributed by atoms with Crippen LogP contribution in [0, 0.1) is 0 Å². The van der Waals surface area contributed by atoms with Crippen molar-refractivity contribution in [2.75, 3.05) is 67.5 Å². The zero-order valence-corrected chi connectivity index (χ0v) is 32.2. The Morgan fingerprint density at radius 3 is 1.96 bits per heavy atom. The molecule has 1 aliphatic heterocycles. The number of likely N-dealkylation sites (tertiary alicyclic amines) is 1. The molecule has 3 atom stereocenters. The maximum atomic E-state index is 14.1. The molecule has 1 fully saturated rings. The van der Waals surface area contributed by atoms with E-state index in [4.69, 9.17) is 11.5 Å². The van der Waals surface area contributed by atoms with E-state index in [2.05, 4.69) is 46.3 Å². The molecule has 49 heavy (non-hydrogen) atoms. The van der Waals surface area contributed by atoms with Gasteiger partial charge in [-0.05, 0) is 118 Å². The first-order chi connectivity index (χ1) is 23.6. The minimum Gasteiger partial charge on any atom is -0.351 e. The molecule has 0 aromatic carbocycles. The van der Waals surface area contributed by atoms with Crippen molar-refractivity contribution < 1.29 is 14.4 Å². The van der Waals surface area contributed by atoms with Gasteiger partial charge >= 0.3 is 0 Å². The molecule has 0 spiro atoms. The van der Waals surface area contributed by atoms with Gasteiger partial charge in [0, 0.05) is 32.1 Å². The topological polar surface area (TPSA) is 128 Å². The van der Waals surface area contributed by atoms with Crippen molar-refractivity contribution in [3.8, 4) is 0 Å². The summed E-state index contributed by atoms with van der Waals surface area (Å²) in [6.07, 6.45) is 26.4. The lowest BCUT2D eigenvalue weighted by Crippen LogP contribution is -2.52. The average molecular weight is 690 g/mol. The Kier molecular flexibility index (Phi) is 26.0. The van der Waals surface area contributed by atoms with Gasteiger partial charge in [0.05, 0.1) is 6.04 Å². The second kappa shape index (κ2) is 28.4. The summed E-state index contributed by atoms with van der Waals surface area (Å²) in [5.41, 5.74) is 12.0. The number of hydrogen-bond donors (Lipinski definition) is 3. The second-order valence-corrected chi connectivity index (χ2v) is 14.5. The van der Waals surface area contributed by atoms with E-state index in [1.807, 2.05) is 33.1 Å². The zero-order chi connectivity index (χ0) is 36.3. The van der Waals surface area contributed by atoms with Crippen molar-refractivity contribution in [1.29, 1.82) is 0 Å². The highest BCUT2D eigenvalue weighted by Crippen LogP contribution is 2.23. The summed E-state index contributed by atoms with van der Waals surface area (Å²) in [7, 11) is 8.13. The number of carbonyl (C=O) groups is 3. The molecule has 0 bridgehead atoms. The van der Waals surface area contributed by atoms with E-state index in [0.29, 0.717) is 45.4 Å². The van der Waals surface area contributed by atoms with E-state index in [-0.39, 0.29) is 23.8 Å². The molecule has 0 radical (unpaired) electrons. The summed E-state index contributed by atoms with van der Waals surface area (Å²) in [4.78, 5) is 48.5. The number of allylic oxidation sites excluding steroid dienone is 4. The van der Waals surface area contributed by atoms with Gasteiger partial charge in [0.1, 0.15) is 6.04 Å². The van der Waals surface area contributed by atoms with Crippen LogP contribution in [0.4, 0.5) is 0 Å². The van der Waals surface area contributed by atoms with E-state index in [0.717, 1.165) is 70.9 Å². The van der Waals surface area contributed by atoms with E-state index < -0.39 is 12.1 Å². The first kappa shape index (κ1) is 44.8. The number of nitrogens with zero attached hydrogens (tertiary/aromatic N) is 4. The number of unbranched alkanes of at least 4 members (excludes halogenated alkanes) is 9. The summed E-state index contributed by atoms with van der Waals surface area (Å²) < 4.78 is 0. The van der Waals surface area contributed by atoms with Crippen molar-refractivity contribution in [3.63, 3.8) is 0 Å². The third-order valence-corrected chi connectivity index (χ3v) is 9.25. The number of carbonyl (C=O) groups excluding carboxylic acids is 3. The van der Waals surface area contributed by atoms with Gasteiger partial charge in [-0.2, -0.15) is 0 Å². The Bertz CT molecular complexity index is 926. The van der Waals surface area contributed by atoms with E-state index in [9.17, 15) is 14.4 Å². The highest BCUT2D eigenvalue weighted by Gasteiger charge is 2.42. The Balaban J connectivity index is 2.64. The van der Waals surface area contributed by atoms with Crippen LogP contribution in [0.15, 0.2) is 24.3 Å². The number of nitrogens with one attached hydrogen (secondary N) is 1. The fourth-order valence-corrected chi connectivity index (χ4v) is 6.36. The monoisotopic (exact) mass is 690 g/mol. The van der Waals surface area contributed by atoms with Gasteiger partial charge in [-0.1, -0.05) is 69.8 Å². The number of hydrogen-bond acceptors (Lipinski definition) is 7. The fourth-order valence-electron chi connectivity index (χ4n) is 6.36. The predicted octanol–water partition coefficient (Wildman–Crippen LogP) is 5.07. The highest BCUT2D eigenvalue weighted by atomic mass is 16.2. The van der Waals surface area contributed by atoms with Crippen molar-refractivity contribution in [2.24, 2.45) is 11.5 Å². The van der Waals surface area contributed by atoms with E-state index in [1.165, 1.54) is 38.5 Å². The minimum atomic E-state index is -0.681. The van der Waals surface area contributed by atoms with Crippen LogP contribution < -0.4 is 16.8 Å². The Morgan fingerprint density at radius 2 is 1.37 bits per heavy atom. The first-order valence-electron chi connectivity index (χ1n) is 19.5. The molecular weight excluding hydrogens is 614 g/mol. The Morgan fingerprint density at radius 1 is 0.776 bits per heavy atom. The summed E-state index contributed by atoms with van der Waals surface area (Å²) in [5, 5.41) is 3.16. The van der Waals surface area contributed by atoms with Gasteiger partial charge in [-0.25, -0.2) is 0 Å². The molecule has 284 valence electrons. The molecule has 1 saturated heterocycles. The van der Waals surface area contributed by atoms with Gasteiger partial charge in [0.15, 0.2) is 0 Å². The zero-order valence-electron chi connectivity index (χ0n) is 32.2. The molecule has 0 aromatic heterocycles. The quantitative estimate of drug-likeness (QED) is 0.0739. The molecule has 10 nitrogen and oxygen atoms in total. The van der Waals surface area contributed by atoms with Crippen LogP contribution in [0.25, 0.3) is 0 Å². The Labute approximate surface area is 300 Å². The molecule has 3 amide bonds. The number of rotatable bonds is 29. The standard InChI is InChI=1S/C39H75N7O3/c1-6-7-8-9-10-11-12-13-14-15-16-17-18-19-20-26-37(47)42-34-32-36(46(33-34)38(48)35(41)25-21-22-27-40)39(49)45(30-23-28-43(2)3)31-24-29-44(4)5/h10-11,13-14,34-36H,6-9,12,15-33,40-41H2,1-5H3,(H,42,47)/b11-10-,14-13-/t34-,35+,36-/m0/s1. The van der Waals surface area contributed by atoms with Crippen molar-refractivity contribution in [1.82, 2.24) is 24.9 Å². The third-order valence-electron chi connectivity index (χ3n) is 9.25. The third kappa shape index (κ3) is 21.5. The van der Waals surface area contributed by atoms with Crippen LogP contribution in [0.3, 0.4) is 0 Å². The van der Waals surface area contributed by atoms with E-state index >= 15 is 0 Å². The molecule has 0 aliphatic carbocycles. The van der Waals surface area contributed by atoms with Gasteiger partial charge in [0.25, 0.3) is 0 Å². The SMILES string of the molecule is CCCCC/C=C\C/C=C\CCCCCCCC(=O)N[C@H]1C[C@@H](C(=O)N(CCCN(C)C)CCCN(C)C)N(C(=O)[C@H](N)CCCCN)C1. The van der Waals surface area contributed by atoms with Crippen LogP contribution in [0.1, 0.15) is 122 Å². The van der Waals surface area contributed by atoms with Gasteiger partial charge in [-0.3, -0.25) is 14.4 Å². The van der Waals surface area contributed by atoms with Crippen molar-refractivity contribution in [2.45, 2.75) is 141 Å². The highest BCUT2D eigenvalue weighted by molar-refractivity contribution is 5.91. The molecule has 1 heterocycles. The smallest absolute Gasteiger partial charge is 0.245 e. The lowest BCUT2D eigenvalue weighted by Gasteiger charge is -2.32. The molecule has 0 saturated carbocycles. The van der Waals surface area contributed by atoms with Gasteiger partial charge in [-0.15, -0.1) is 0 Å². The normalized spacial score (nSPS) is 17.2. The van der Waals surface area contributed by atoms with Gasteiger partial charge in [0.2, 0.25) is 17.7 Å². The molecule has 0 unspecified atom stereocenters. The van der Waals surface area contributed by atoms with Crippen molar-refractivity contribution in [3.05, 3.63) is 24.3 Å². The first-order valence-corrected chi connectivity index (χ1v) is 19.5. The van der Waals surface area contributed by atoms with Crippen LogP contribution in [0.5, 0.6) is 0 Å². The summed E-state index contributed by atoms with van der Waals surface area (Å²) in [5.74, 6) is -0.245. The molecule has 1 rings (SSSR count). The lowest BCUT2D eigenvalue weighted by molar-refractivity contribution is -0.144. The molecule has 1 aliphatic rings. The van der Waals surface area contributed by atoms with Crippen LogP contribution in [-0.2, 0) is 14.4 Å². The summed E-state index contributed by atoms with van der Waals surface area (Å²) in [6, 6.07) is -1.56. The molecule has 0 aromatic rings. The molecule has 10 heteroatoms. The van der Waals surface area contributed by atoms with E-state index in [1.54, 1.807) is 4.90 Å². The Hall–Kier alpha value is -2.27. The number of amides is 3. The van der Waals surface area contributed by atoms with Crippen LogP contribution >= 0.6 is 0 Å². The fraction of sp³-hybridized carbons (Fsp3) is 0.821. The second-order valence-electron chi connectivity index (χ2n) is 14.5. The number of nitrogens with two attached hydrogens (primary N) is 2. The summed E-state index contributed by atoms with van der Waals surface area (Å²) >= 11 is 0. The molecule has 5 N–H and O–H groups in total. The summed E-state index contributed by atoms with van der Waals surface area (Å²) in [6.45, 7) is 6.14. The maximum absolute atomic E-state index is 14.1. The predicted molar refractivity (Wildman–Crippen MR) is 205 cm³/mol. The molecular formula is C39H75N7O3. The average Bonchev–Trinajstić information content (AvgIpc) is 3.48. The van der Waals surface area contributed by atoms with Crippen LogP contribution in [-0.4, -0.2) is 123 Å². The van der Waals surface area contributed by atoms with Crippen molar-refractivity contribution >= 4 is 17.7 Å². The minimum absolute atomic E-state index is 0.00255. The maximum Gasteiger partial charge on any atom is 0.245 e.